The SMILES string of the molecule is N#Cc1ccnc(N2C(=O)CC[C@H]2CC(=O)N(c2cccc(CCO)c2)[C@H](C(=O)CCC2CC(F)(F)C2)c2ccccc2Cl)c1. The molecule has 45 heavy (non-hydrogen) atoms. The van der Waals surface area contributed by atoms with Crippen LogP contribution in [0.3, 0.4) is 0 Å². The van der Waals surface area contributed by atoms with E-state index in [2.05, 4.69) is 4.98 Å². The van der Waals surface area contributed by atoms with Gasteiger partial charge in [0.15, 0.2) is 5.78 Å². The van der Waals surface area contributed by atoms with Gasteiger partial charge >= 0.3 is 0 Å². The number of amides is 2. The summed E-state index contributed by atoms with van der Waals surface area (Å²) in [5.41, 5.74) is 1.86. The van der Waals surface area contributed by atoms with Crippen molar-refractivity contribution >= 4 is 40.7 Å². The van der Waals surface area contributed by atoms with Crippen LogP contribution in [0.1, 0.15) is 67.7 Å². The van der Waals surface area contributed by atoms with Crippen LogP contribution in [0, 0.1) is 17.2 Å². The molecule has 2 amide bonds. The number of Topliss-reactive ketones (excluding diaryl/α,β-unsaturated/α-hetero) is 1. The summed E-state index contributed by atoms with van der Waals surface area (Å²) in [5, 5.41) is 19.2. The second-order valence-electron chi connectivity index (χ2n) is 11.6. The number of aliphatic hydroxyl groups is 1. The van der Waals surface area contributed by atoms with Crippen molar-refractivity contribution in [2.75, 3.05) is 16.4 Å². The molecule has 5 rings (SSSR count). The standard InChI is InChI=1S/C34H33ClF2N4O4/c35-28-7-2-1-6-27(28)33(29(43)10-8-24-19-34(36,37)20-24)41(25-5-3-4-22(16-25)13-15-42)32(45)18-26-9-11-31(44)40(26)30-17-23(21-38)12-14-39-30/h1-7,12,14,16-17,24,26,33,42H,8-11,13,15,18-20H2/t26-,33-/m0/s1. The lowest BCUT2D eigenvalue weighted by Crippen LogP contribution is -2.44. The molecular formula is C34H33ClF2N4O4. The van der Waals surface area contributed by atoms with Crippen molar-refractivity contribution in [3.63, 3.8) is 0 Å². The van der Waals surface area contributed by atoms with Crippen LogP contribution in [0.4, 0.5) is 20.3 Å². The fourth-order valence-corrected chi connectivity index (χ4v) is 6.46. The van der Waals surface area contributed by atoms with E-state index in [-0.39, 0.29) is 73.6 Å². The summed E-state index contributed by atoms with van der Waals surface area (Å²) in [5.74, 6) is -3.77. The van der Waals surface area contributed by atoms with Gasteiger partial charge in [0.2, 0.25) is 17.7 Å². The summed E-state index contributed by atoms with van der Waals surface area (Å²) in [6.07, 6.45) is 1.83. The van der Waals surface area contributed by atoms with Crippen molar-refractivity contribution in [3.8, 4) is 6.07 Å². The van der Waals surface area contributed by atoms with Gasteiger partial charge in [-0.3, -0.25) is 24.2 Å². The Morgan fingerprint density at radius 2 is 1.93 bits per heavy atom. The number of benzene rings is 2. The van der Waals surface area contributed by atoms with Gasteiger partial charge in [-0.25, -0.2) is 13.8 Å². The second-order valence-corrected chi connectivity index (χ2v) is 12.0. The highest BCUT2D eigenvalue weighted by Gasteiger charge is 2.45. The third-order valence-electron chi connectivity index (χ3n) is 8.45. The number of halogens is 3. The number of alkyl halides is 2. The van der Waals surface area contributed by atoms with E-state index in [0.29, 0.717) is 29.7 Å². The highest BCUT2D eigenvalue weighted by Crippen LogP contribution is 2.45. The molecule has 0 unspecified atom stereocenters. The van der Waals surface area contributed by atoms with Crippen LogP contribution >= 0.6 is 11.6 Å². The van der Waals surface area contributed by atoms with Crippen molar-refractivity contribution in [1.29, 1.82) is 5.26 Å². The summed E-state index contributed by atoms with van der Waals surface area (Å²) >= 11 is 6.63. The monoisotopic (exact) mass is 634 g/mol. The molecule has 2 atom stereocenters. The first kappa shape index (κ1) is 32.2. The zero-order valence-electron chi connectivity index (χ0n) is 24.5. The molecule has 1 saturated carbocycles. The summed E-state index contributed by atoms with van der Waals surface area (Å²) in [6, 6.07) is 17.0. The number of hydrogen-bond donors (Lipinski definition) is 1. The molecular weight excluding hydrogens is 602 g/mol. The zero-order valence-corrected chi connectivity index (χ0v) is 25.3. The van der Waals surface area contributed by atoms with E-state index in [4.69, 9.17) is 11.6 Å². The van der Waals surface area contributed by atoms with Gasteiger partial charge in [0.05, 0.1) is 11.6 Å². The Bertz CT molecular complexity index is 1620. The predicted octanol–water partition coefficient (Wildman–Crippen LogP) is 6.20. The van der Waals surface area contributed by atoms with Crippen molar-refractivity contribution in [2.24, 2.45) is 5.92 Å². The van der Waals surface area contributed by atoms with Crippen molar-refractivity contribution < 1.29 is 28.3 Å². The largest absolute Gasteiger partial charge is 0.396 e. The van der Waals surface area contributed by atoms with Crippen molar-refractivity contribution in [3.05, 3.63) is 88.6 Å². The number of carbonyl (C=O) groups is 3. The summed E-state index contributed by atoms with van der Waals surface area (Å²) < 4.78 is 27.1. The number of carbonyl (C=O) groups excluding carboxylic acids is 3. The molecule has 2 heterocycles. The maximum Gasteiger partial charge on any atom is 0.248 e. The van der Waals surface area contributed by atoms with Gasteiger partial charge in [0, 0.05) is 67.2 Å². The molecule has 1 aliphatic carbocycles. The molecule has 1 aliphatic heterocycles. The number of nitriles is 1. The third kappa shape index (κ3) is 7.38. The highest BCUT2D eigenvalue weighted by atomic mass is 35.5. The average molecular weight is 635 g/mol. The normalized spacial score (nSPS) is 18.2. The molecule has 8 nitrogen and oxygen atoms in total. The van der Waals surface area contributed by atoms with Gasteiger partial charge in [-0.05, 0) is 61.1 Å². The predicted molar refractivity (Wildman–Crippen MR) is 165 cm³/mol. The Labute approximate surface area is 265 Å². The molecule has 1 N–H and O–H groups in total. The van der Waals surface area contributed by atoms with Crippen LogP contribution in [-0.2, 0) is 20.8 Å². The minimum absolute atomic E-state index is 0.0321. The minimum atomic E-state index is -2.71. The molecule has 0 radical (unpaired) electrons. The van der Waals surface area contributed by atoms with Gasteiger partial charge in [-0.1, -0.05) is 41.9 Å². The van der Waals surface area contributed by atoms with Crippen LogP contribution in [0.25, 0.3) is 0 Å². The van der Waals surface area contributed by atoms with Gasteiger partial charge in [-0.2, -0.15) is 5.26 Å². The Morgan fingerprint density at radius 1 is 1.16 bits per heavy atom. The zero-order chi connectivity index (χ0) is 32.1. The first-order valence-corrected chi connectivity index (χ1v) is 15.3. The van der Waals surface area contributed by atoms with Crippen molar-refractivity contribution in [1.82, 2.24) is 4.98 Å². The molecule has 2 aliphatic rings. The molecule has 0 bridgehead atoms. The number of rotatable bonds is 12. The number of aliphatic hydroxyl groups excluding tert-OH is 1. The third-order valence-corrected chi connectivity index (χ3v) is 8.80. The second kappa shape index (κ2) is 13.8. The van der Waals surface area contributed by atoms with Gasteiger partial charge in [0.25, 0.3) is 0 Å². The maximum absolute atomic E-state index is 14.5. The van der Waals surface area contributed by atoms with E-state index < -0.39 is 23.9 Å². The van der Waals surface area contributed by atoms with Crippen LogP contribution in [-0.4, -0.2) is 46.3 Å². The number of aromatic nitrogens is 1. The Kier molecular flexibility index (Phi) is 9.90. The molecule has 1 aromatic heterocycles. The number of pyridine rings is 1. The first-order chi connectivity index (χ1) is 21.6. The van der Waals surface area contributed by atoms with Gasteiger partial charge in [-0.15, -0.1) is 0 Å². The molecule has 1 saturated heterocycles. The van der Waals surface area contributed by atoms with Crippen LogP contribution in [0.5, 0.6) is 0 Å². The maximum atomic E-state index is 14.5. The topological polar surface area (TPSA) is 115 Å². The Hall–Kier alpha value is -4.20. The molecule has 2 aromatic carbocycles. The smallest absolute Gasteiger partial charge is 0.248 e. The Morgan fingerprint density at radius 3 is 2.64 bits per heavy atom. The fraction of sp³-hybridized carbons (Fsp3) is 0.382. The summed E-state index contributed by atoms with van der Waals surface area (Å²) in [4.78, 5) is 48.7. The van der Waals surface area contributed by atoms with Crippen molar-refractivity contribution in [2.45, 2.75) is 69.4 Å². The quantitative estimate of drug-likeness (QED) is 0.254. The summed E-state index contributed by atoms with van der Waals surface area (Å²) in [6.45, 7) is -0.121. The minimum Gasteiger partial charge on any atom is -0.396 e. The van der Waals surface area contributed by atoms with E-state index in [1.165, 1.54) is 28.1 Å². The molecule has 2 fully saturated rings. The fourth-order valence-electron chi connectivity index (χ4n) is 6.22. The van der Waals surface area contributed by atoms with Gasteiger partial charge < -0.3 is 5.11 Å². The van der Waals surface area contributed by atoms with E-state index in [0.717, 1.165) is 5.56 Å². The number of hydrogen-bond acceptors (Lipinski definition) is 6. The van der Waals surface area contributed by atoms with Gasteiger partial charge in [0.1, 0.15) is 11.9 Å². The van der Waals surface area contributed by atoms with Crippen LogP contribution < -0.4 is 9.80 Å². The molecule has 3 aromatic rings. The van der Waals surface area contributed by atoms with E-state index in [1.54, 1.807) is 48.5 Å². The number of nitrogens with zero attached hydrogens (tertiary/aromatic N) is 4. The summed E-state index contributed by atoms with van der Waals surface area (Å²) in [7, 11) is 0. The average Bonchev–Trinajstić information content (AvgIpc) is 3.37. The van der Waals surface area contributed by atoms with Crippen LogP contribution in [0.2, 0.25) is 5.02 Å². The Balaban J connectivity index is 1.52. The first-order valence-electron chi connectivity index (χ1n) is 14.9. The number of anilines is 2. The van der Waals surface area contributed by atoms with Crippen LogP contribution in [0.15, 0.2) is 66.9 Å². The molecule has 234 valence electrons. The lowest BCUT2D eigenvalue weighted by molar-refractivity contribution is -0.128. The lowest BCUT2D eigenvalue weighted by Gasteiger charge is -2.36. The number of ketones is 1. The lowest BCUT2D eigenvalue weighted by atomic mass is 9.77. The van der Waals surface area contributed by atoms with E-state index in [9.17, 15) is 33.5 Å². The van der Waals surface area contributed by atoms with E-state index >= 15 is 0 Å². The highest BCUT2D eigenvalue weighted by molar-refractivity contribution is 6.31. The molecule has 11 heteroatoms. The molecule has 0 spiro atoms. The van der Waals surface area contributed by atoms with E-state index in [1.807, 2.05) is 6.07 Å².